The molecule has 2 aromatic rings. The molecule has 3 aliphatic heterocycles. The molecule has 3 aliphatic rings. The van der Waals surface area contributed by atoms with E-state index in [4.69, 9.17) is 4.74 Å². The van der Waals surface area contributed by atoms with E-state index in [1.165, 1.54) is 11.3 Å². The van der Waals surface area contributed by atoms with Crippen molar-refractivity contribution in [2.24, 2.45) is 0 Å². The van der Waals surface area contributed by atoms with Crippen LogP contribution in [0.4, 0.5) is 21.9 Å². The lowest BCUT2D eigenvalue weighted by Gasteiger charge is -2.36. The Hall–Kier alpha value is -3.06. The fraction of sp³-hybridized carbons (Fsp3) is 0.417. The van der Waals surface area contributed by atoms with Crippen LogP contribution in [0.1, 0.15) is 18.4 Å². The molecule has 0 aromatic heterocycles. The molecule has 7 nitrogen and oxygen atoms in total. The third-order valence-corrected chi connectivity index (χ3v) is 6.41. The smallest absolute Gasteiger partial charge is 0.322 e. The molecule has 0 bridgehead atoms. The first-order valence-electron chi connectivity index (χ1n) is 11.1. The molecule has 1 N–H and O–H groups in total. The van der Waals surface area contributed by atoms with Crippen molar-refractivity contribution in [2.45, 2.75) is 25.4 Å². The largest absolute Gasteiger partial charge is 0.368 e. The van der Waals surface area contributed by atoms with E-state index in [0.717, 1.165) is 37.2 Å². The number of hydrogen-bond donors (Lipinski definition) is 1. The number of amides is 3. The summed E-state index contributed by atoms with van der Waals surface area (Å²) in [5.41, 5.74) is 4.34. The standard InChI is InChI=1S/C24H28N4O3/c29-23(22-10-5-17-31-22)26-13-15-27(16-14-26)24(30)25-19-7-2-4-9-21(19)28-12-11-18-6-1-3-8-20(18)28/h1-4,6-9,22H,5,10-17H2,(H,25,30)/t22-/m1/s1. The maximum Gasteiger partial charge on any atom is 0.322 e. The van der Waals surface area contributed by atoms with Crippen LogP contribution in [0.15, 0.2) is 48.5 Å². The molecular weight excluding hydrogens is 392 g/mol. The predicted molar refractivity (Wildman–Crippen MR) is 120 cm³/mol. The van der Waals surface area contributed by atoms with E-state index in [9.17, 15) is 9.59 Å². The summed E-state index contributed by atoms with van der Waals surface area (Å²) in [6.45, 7) is 3.72. The Balaban J connectivity index is 1.23. The molecule has 0 unspecified atom stereocenters. The Morgan fingerprint density at radius 1 is 0.871 bits per heavy atom. The minimum absolute atomic E-state index is 0.0654. The summed E-state index contributed by atoms with van der Waals surface area (Å²) in [6.07, 6.45) is 2.45. The van der Waals surface area contributed by atoms with Crippen molar-refractivity contribution in [1.82, 2.24) is 9.80 Å². The average Bonchev–Trinajstić information content (AvgIpc) is 3.49. The van der Waals surface area contributed by atoms with Crippen molar-refractivity contribution in [3.8, 4) is 0 Å². The number of anilines is 3. The van der Waals surface area contributed by atoms with Crippen LogP contribution < -0.4 is 10.2 Å². The van der Waals surface area contributed by atoms with Crippen LogP contribution in [0.25, 0.3) is 0 Å². The van der Waals surface area contributed by atoms with Crippen LogP contribution in [0.5, 0.6) is 0 Å². The highest BCUT2D eigenvalue weighted by atomic mass is 16.5. The summed E-state index contributed by atoms with van der Waals surface area (Å²) in [5, 5.41) is 3.10. The monoisotopic (exact) mass is 420 g/mol. The van der Waals surface area contributed by atoms with Gasteiger partial charge in [-0.15, -0.1) is 0 Å². The lowest BCUT2D eigenvalue weighted by atomic mass is 10.2. The van der Waals surface area contributed by atoms with Gasteiger partial charge < -0.3 is 24.8 Å². The van der Waals surface area contributed by atoms with Crippen molar-refractivity contribution < 1.29 is 14.3 Å². The van der Waals surface area contributed by atoms with Gasteiger partial charge in [0.2, 0.25) is 0 Å². The van der Waals surface area contributed by atoms with Crippen LogP contribution in [-0.2, 0) is 16.0 Å². The highest BCUT2D eigenvalue weighted by Gasteiger charge is 2.31. The molecule has 0 saturated carbocycles. The zero-order valence-electron chi connectivity index (χ0n) is 17.6. The fourth-order valence-electron chi connectivity index (χ4n) is 4.70. The number of carbonyl (C=O) groups excluding carboxylic acids is 2. The first kappa shape index (κ1) is 19.9. The third kappa shape index (κ3) is 3.97. The van der Waals surface area contributed by atoms with Crippen molar-refractivity contribution >= 4 is 29.0 Å². The Bertz CT molecular complexity index is 965. The van der Waals surface area contributed by atoms with Crippen molar-refractivity contribution in [3.05, 3.63) is 54.1 Å². The third-order valence-electron chi connectivity index (χ3n) is 6.41. The SMILES string of the molecule is O=C(Nc1ccccc1N1CCc2ccccc21)N1CCN(C(=O)[C@H]2CCCO2)CC1. The molecule has 2 aromatic carbocycles. The summed E-state index contributed by atoms with van der Waals surface area (Å²) in [5.74, 6) is 0.0654. The number of hydrogen-bond acceptors (Lipinski definition) is 4. The van der Waals surface area contributed by atoms with E-state index in [-0.39, 0.29) is 18.0 Å². The number of piperazine rings is 1. The maximum absolute atomic E-state index is 13.0. The Labute approximate surface area is 182 Å². The number of nitrogens with zero attached hydrogens (tertiary/aromatic N) is 3. The molecule has 3 amide bonds. The number of urea groups is 1. The summed E-state index contributed by atoms with van der Waals surface area (Å²) in [6, 6.07) is 16.2. The number of benzene rings is 2. The second-order valence-electron chi connectivity index (χ2n) is 8.29. The predicted octanol–water partition coefficient (Wildman–Crippen LogP) is 3.24. The topological polar surface area (TPSA) is 65.1 Å². The van der Waals surface area contributed by atoms with E-state index in [0.29, 0.717) is 32.8 Å². The molecule has 2 saturated heterocycles. The zero-order valence-corrected chi connectivity index (χ0v) is 17.6. The van der Waals surface area contributed by atoms with Crippen LogP contribution in [0.2, 0.25) is 0 Å². The lowest BCUT2D eigenvalue weighted by Crippen LogP contribution is -2.53. The Kier molecular flexibility index (Phi) is 5.51. The summed E-state index contributed by atoms with van der Waals surface area (Å²) in [4.78, 5) is 31.4. The molecule has 5 rings (SSSR count). The van der Waals surface area contributed by atoms with Crippen LogP contribution >= 0.6 is 0 Å². The number of para-hydroxylation sites is 3. The molecular formula is C24H28N4O3. The number of nitrogens with one attached hydrogen (secondary N) is 1. The number of rotatable bonds is 3. The van der Waals surface area contributed by atoms with E-state index in [1.807, 2.05) is 23.1 Å². The average molecular weight is 421 g/mol. The molecule has 3 heterocycles. The molecule has 0 spiro atoms. The Morgan fingerprint density at radius 3 is 2.35 bits per heavy atom. The molecule has 0 aliphatic carbocycles. The van der Waals surface area contributed by atoms with Gasteiger partial charge in [0.1, 0.15) is 6.10 Å². The van der Waals surface area contributed by atoms with Crippen molar-refractivity contribution in [1.29, 1.82) is 0 Å². The zero-order chi connectivity index (χ0) is 21.2. The second-order valence-corrected chi connectivity index (χ2v) is 8.29. The summed E-state index contributed by atoms with van der Waals surface area (Å²) < 4.78 is 5.52. The first-order valence-corrected chi connectivity index (χ1v) is 11.1. The minimum Gasteiger partial charge on any atom is -0.368 e. The normalized spacial score (nSPS) is 20.6. The number of fused-ring (bicyclic) bond motifs is 1. The lowest BCUT2D eigenvalue weighted by molar-refractivity contribution is -0.142. The van der Waals surface area contributed by atoms with Crippen molar-refractivity contribution in [3.63, 3.8) is 0 Å². The van der Waals surface area contributed by atoms with Crippen LogP contribution in [-0.4, -0.2) is 67.2 Å². The van der Waals surface area contributed by atoms with Gasteiger partial charge in [0.05, 0.1) is 11.4 Å². The van der Waals surface area contributed by atoms with Crippen LogP contribution in [0, 0.1) is 0 Å². The summed E-state index contributed by atoms with van der Waals surface area (Å²) in [7, 11) is 0. The van der Waals surface area contributed by atoms with E-state index in [2.05, 4.69) is 40.5 Å². The van der Waals surface area contributed by atoms with Gasteiger partial charge in [-0.1, -0.05) is 30.3 Å². The maximum atomic E-state index is 13.0. The van der Waals surface area contributed by atoms with E-state index < -0.39 is 0 Å². The highest BCUT2D eigenvalue weighted by Crippen LogP contribution is 2.38. The molecule has 7 heteroatoms. The van der Waals surface area contributed by atoms with Crippen LogP contribution in [0.3, 0.4) is 0 Å². The summed E-state index contributed by atoms with van der Waals surface area (Å²) >= 11 is 0. The highest BCUT2D eigenvalue weighted by molar-refractivity contribution is 5.94. The molecule has 31 heavy (non-hydrogen) atoms. The van der Waals surface area contributed by atoms with Gasteiger partial charge in [0.15, 0.2) is 0 Å². The van der Waals surface area contributed by atoms with Gasteiger partial charge >= 0.3 is 6.03 Å². The number of ether oxygens (including phenoxy) is 1. The Morgan fingerprint density at radius 2 is 1.58 bits per heavy atom. The van der Waals surface area contributed by atoms with Gasteiger partial charge in [-0.3, -0.25) is 4.79 Å². The second kappa shape index (κ2) is 8.59. The fourth-order valence-corrected chi connectivity index (χ4v) is 4.70. The molecule has 0 radical (unpaired) electrons. The van der Waals surface area contributed by atoms with Gasteiger partial charge in [0, 0.05) is 45.0 Å². The minimum atomic E-state index is -0.296. The van der Waals surface area contributed by atoms with Gasteiger partial charge in [0.25, 0.3) is 5.91 Å². The molecule has 2 fully saturated rings. The van der Waals surface area contributed by atoms with E-state index >= 15 is 0 Å². The quantitative estimate of drug-likeness (QED) is 0.828. The van der Waals surface area contributed by atoms with Gasteiger partial charge in [-0.05, 0) is 43.0 Å². The van der Waals surface area contributed by atoms with Crippen molar-refractivity contribution in [2.75, 3.05) is 49.5 Å². The first-order chi connectivity index (χ1) is 15.2. The van der Waals surface area contributed by atoms with E-state index in [1.54, 1.807) is 4.90 Å². The number of carbonyl (C=O) groups is 2. The molecule has 162 valence electrons. The van der Waals surface area contributed by atoms with Gasteiger partial charge in [-0.2, -0.15) is 0 Å². The van der Waals surface area contributed by atoms with Gasteiger partial charge in [-0.25, -0.2) is 4.79 Å². The molecule has 1 atom stereocenters.